The number of nitrogens with zero attached hydrogens (tertiary/aromatic N) is 1. The maximum absolute atomic E-state index is 13.4. The Balaban J connectivity index is 1.99. The zero-order valence-electron chi connectivity index (χ0n) is 11.2. The van der Waals surface area contributed by atoms with Gasteiger partial charge in [0.05, 0.1) is 6.10 Å². The summed E-state index contributed by atoms with van der Waals surface area (Å²) in [5, 5.41) is 7.37. The maximum Gasteiger partial charge on any atom is 0.124 e. The first-order valence-electron chi connectivity index (χ1n) is 6.48. The van der Waals surface area contributed by atoms with Crippen molar-refractivity contribution in [3.05, 3.63) is 35.1 Å². The van der Waals surface area contributed by atoms with Crippen molar-refractivity contribution in [3.63, 3.8) is 0 Å². The fourth-order valence-corrected chi connectivity index (χ4v) is 2.41. The van der Waals surface area contributed by atoms with Crippen LogP contribution in [0.1, 0.15) is 24.0 Å². The number of nitrogens with two attached hydrogens (primary N) is 1. The molecule has 0 aromatic heterocycles. The maximum atomic E-state index is 13.4. The lowest BCUT2D eigenvalue weighted by molar-refractivity contribution is 0.0793. The van der Waals surface area contributed by atoms with E-state index < -0.39 is 0 Å². The molecule has 0 spiro atoms. The molecule has 1 aliphatic rings. The Morgan fingerprint density at radius 2 is 2.32 bits per heavy atom. The summed E-state index contributed by atoms with van der Waals surface area (Å²) >= 11 is 0. The second kappa shape index (κ2) is 6.12. The molecule has 1 saturated heterocycles. The van der Waals surface area contributed by atoms with E-state index in [1.807, 2.05) is 7.05 Å². The van der Waals surface area contributed by atoms with Crippen molar-refractivity contribution in [1.29, 1.82) is 5.41 Å². The average Bonchev–Trinajstić information content (AvgIpc) is 2.80. The van der Waals surface area contributed by atoms with E-state index in [-0.39, 0.29) is 17.8 Å². The molecule has 1 aromatic carbocycles. The standard InChI is InChI=1S/C14H20FN3O/c1-18(9-13-3-2-4-19-13)8-10-5-11(14(16)17)7-12(15)6-10/h5-7,13H,2-4,8-9H2,1H3,(H3,16,17). The van der Waals surface area contributed by atoms with Crippen LogP contribution < -0.4 is 5.73 Å². The molecule has 0 aliphatic carbocycles. The Hall–Kier alpha value is -1.46. The summed E-state index contributed by atoms with van der Waals surface area (Å²) in [7, 11) is 1.99. The number of nitrogens with one attached hydrogen (secondary N) is 1. The van der Waals surface area contributed by atoms with Gasteiger partial charge in [0, 0.05) is 25.3 Å². The Morgan fingerprint density at radius 1 is 1.53 bits per heavy atom. The molecule has 1 heterocycles. The Bertz CT molecular complexity index is 458. The molecule has 104 valence electrons. The Kier molecular flexibility index (Phi) is 4.50. The van der Waals surface area contributed by atoms with Crippen LogP contribution in [0.5, 0.6) is 0 Å². The van der Waals surface area contributed by atoms with Crippen molar-refractivity contribution in [2.75, 3.05) is 20.2 Å². The number of rotatable bonds is 5. The average molecular weight is 265 g/mol. The van der Waals surface area contributed by atoms with Crippen molar-refractivity contribution >= 4 is 5.84 Å². The molecule has 1 aliphatic heterocycles. The van der Waals surface area contributed by atoms with Gasteiger partial charge in [0.15, 0.2) is 0 Å². The van der Waals surface area contributed by atoms with Crippen LogP contribution in [0.25, 0.3) is 0 Å². The molecule has 5 heteroatoms. The third kappa shape index (κ3) is 4.01. The molecular formula is C14H20FN3O. The second-order valence-corrected chi connectivity index (χ2v) is 5.09. The van der Waals surface area contributed by atoms with Crippen molar-refractivity contribution < 1.29 is 9.13 Å². The van der Waals surface area contributed by atoms with E-state index in [1.165, 1.54) is 12.1 Å². The summed E-state index contributed by atoms with van der Waals surface area (Å²) in [6.07, 6.45) is 2.49. The minimum absolute atomic E-state index is 0.109. The summed E-state index contributed by atoms with van der Waals surface area (Å²) in [6.45, 7) is 2.30. The first kappa shape index (κ1) is 14.0. The monoisotopic (exact) mass is 265 g/mol. The summed E-state index contributed by atoms with van der Waals surface area (Å²) in [5.41, 5.74) is 6.65. The zero-order valence-corrected chi connectivity index (χ0v) is 11.2. The van der Waals surface area contributed by atoms with Gasteiger partial charge < -0.3 is 10.5 Å². The lowest BCUT2D eigenvalue weighted by atomic mass is 10.1. The van der Waals surface area contributed by atoms with Gasteiger partial charge in [-0.1, -0.05) is 0 Å². The van der Waals surface area contributed by atoms with Gasteiger partial charge in [-0.15, -0.1) is 0 Å². The van der Waals surface area contributed by atoms with Gasteiger partial charge in [0.25, 0.3) is 0 Å². The largest absolute Gasteiger partial charge is 0.384 e. The predicted molar refractivity (Wildman–Crippen MR) is 72.7 cm³/mol. The molecule has 0 amide bonds. The normalized spacial score (nSPS) is 19.0. The molecule has 1 atom stereocenters. The summed E-state index contributed by atoms with van der Waals surface area (Å²) in [4.78, 5) is 2.11. The molecule has 0 bridgehead atoms. The summed E-state index contributed by atoms with van der Waals surface area (Å²) in [6, 6.07) is 4.53. The quantitative estimate of drug-likeness (QED) is 0.629. The summed E-state index contributed by atoms with van der Waals surface area (Å²) in [5.74, 6) is -0.462. The van der Waals surface area contributed by atoms with Gasteiger partial charge in [-0.25, -0.2) is 4.39 Å². The highest BCUT2D eigenvalue weighted by molar-refractivity contribution is 5.95. The van der Waals surface area contributed by atoms with Gasteiger partial charge in [-0.05, 0) is 43.7 Å². The van der Waals surface area contributed by atoms with Crippen LogP contribution in [0.15, 0.2) is 18.2 Å². The molecule has 1 unspecified atom stereocenters. The van der Waals surface area contributed by atoms with Crippen molar-refractivity contribution in [3.8, 4) is 0 Å². The minimum atomic E-state index is -0.354. The number of benzene rings is 1. The van der Waals surface area contributed by atoms with Crippen LogP contribution >= 0.6 is 0 Å². The summed E-state index contributed by atoms with van der Waals surface area (Å²) < 4.78 is 19.0. The molecule has 0 radical (unpaired) electrons. The Labute approximate surface area is 112 Å². The zero-order chi connectivity index (χ0) is 13.8. The molecule has 3 N–H and O–H groups in total. The second-order valence-electron chi connectivity index (χ2n) is 5.09. The van der Waals surface area contributed by atoms with Gasteiger partial charge >= 0.3 is 0 Å². The number of halogens is 1. The van der Waals surface area contributed by atoms with Crippen molar-refractivity contribution in [2.24, 2.45) is 5.73 Å². The number of nitrogen functional groups attached to an aromatic ring is 1. The van der Waals surface area contributed by atoms with Gasteiger partial charge in [-0.3, -0.25) is 10.3 Å². The fourth-order valence-electron chi connectivity index (χ4n) is 2.41. The van der Waals surface area contributed by atoms with Crippen LogP contribution in [-0.2, 0) is 11.3 Å². The molecule has 0 saturated carbocycles. The highest BCUT2D eigenvalue weighted by Gasteiger charge is 2.17. The topological polar surface area (TPSA) is 62.3 Å². The van der Waals surface area contributed by atoms with E-state index in [1.54, 1.807) is 6.07 Å². The lowest BCUT2D eigenvalue weighted by Gasteiger charge is -2.20. The fraction of sp³-hybridized carbons (Fsp3) is 0.500. The molecule has 4 nitrogen and oxygen atoms in total. The van der Waals surface area contributed by atoms with Gasteiger partial charge in [0.1, 0.15) is 11.7 Å². The minimum Gasteiger partial charge on any atom is -0.384 e. The Morgan fingerprint density at radius 3 is 2.95 bits per heavy atom. The van der Waals surface area contributed by atoms with Crippen LogP contribution in [-0.4, -0.2) is 37.0 Å². The molecule has 1 fully saturated rings. The number of hydrogen-bond acceptors (Lipinski definition) is 3. The third-order valence-electron chi connectivity index (χ3n) is 3.26. The van der Waals surface area contributed by atoms with E-state index in [0.29, 0.717) is 12.1 Å². The first-order chi connectivity index (χ1) is 9.04. The van der Waals surface area contributed by atoms with Crippen LogP contribution in [0, 0.1) is 11.2 Å². The third-order valence-corrected chi connectivity index (χ3v) is 3.26. The molecule has 19 heavy (non-hydrogen) atoms. The SMILES string of the molecule is CN(Cc1cc(F)cc(C(=N)N)c1)CC1CCCO1. The highest BCUT2D eigenvalue weighted by Crippen LogP contribution is 2.15. The molecule has 1 aromatic rings. The van der Waals surface area contributed by atoms with Crippen LogP contribution in [0.2, 0.25) is 0 Å². The lowest BCUT2D eigenvalue weighted by Crippen LogP contribution is -2.28. The molecular weight excluding hydrogens is 245 g/mol. The van der Waals surface area contributed by atoms with Crippen molar-refractivity contribution in [2.45, 2.75) is 25.5 Å². The van der Waals surface area contributed by atoms with E-state index in [9.17, 15) is 4.39 Å². The smallest absolute Gasteiger partial charge is 0.124 e. The predicted octanol–water partition coefficient (Wildman–Crippen LogP) is 1.72. The van der Waals surface area contributed by atoms with E-state index in [0.717, 1.165) is 31.6 Å². The number of likely N-dealkylation sites (N-methyl/N-ethyl adjacent to an activating group) is 1. The van der Waals surface area contributed by atoms with Crippen LogP contribution in [0.3, 0.4) is 0 Å². The van der Waals surface area contributed by atoms with E-state index in [2.05, 4.69) is 4.90 Å². The van der Waals surface area contributed by atoms with E-state index in [4.69, 9.17) is 15.9 Å². The number of hydrogen-bond donors (Lipinski definition) is 2. The molecule has 2 rings (SSSR count). The van der Waals surface area contributed by atoms with Gasteiger partial charge in [0.2, 0.25) is 0 Å². The van der Waals surface area contributed by atoms with E-state index >= 15 is 0 Å². The number of amidine groups is 1. The first-order valence-corrected chi connectivity index (χ1v) is 6.48. The highest BCUT2D eigenvalue weighted by atomic mass is 19.1. The van der Waals surface area contributed by atoms with Crippen LogP contribution in [0.4, 0.5) is 4.39 Å². The van der Waals surface area contributed by atoms with Gasteiger partial charge in [-0.2, -0.15) is 0 Å². The number of ether oxygens (including phenoxy) is 1. The van der Waals surface area contributed by atoms with Crippen molar-refractivity contribution in [1.82, 2.24) is 4.90 Å².